The minimum Gasteiger partial charge on any atom is -0.349 e. The molecule has 1 heterocycles. The summed E-state index contributed by atoms with van der Waals surface area (Å²) in [5, 5.41) is 10.9. The fourth-order valence-corrected chi connectivity index (χ4v) is 3.38. The van der Waals surface area contributed by atoms with Crippen LogP contribution >= 0.6 is 0 Å². The number of ether oxygens (including phenoxy) is 2. The Morgan fingerprint density at radius 3 is 2.29 bits per heavy atom. The average Bonchev–Trinajstić information content (AvgIpc) is 3.44. The highest BCUT2D eigenvalue weighted by molar-refractivity contribution is 6.04. The van der Waals surface area contributed by atoms with Crippen LogP contribution in [0.4, 0.5) is 0 Å². The third kappa shape index (κ3) is 7.38. The second-order valence-corrected chi connectivity index (χ2v) is 7.23. The lowest BCUT2D eigenvalue weighted by Crippen LogP contribution is -2.35. The van der Waals surface area contributed by atoms with E-state index < -0.39 is 6.29 Å². The molecule has 0 fully saturated rings. The highest BCUT2D eigenvalue weighted by atomic mass is 16.7. The lowest BCUT2D eigenvalue weighted by Gasteiger charge is -2.22. The van der Waals surface area contributed by atoms with Crippen molar-refractivity contribution in [3.63, 3.8) is 0 Å². The van der Waals surface area contributed by atoms with E-state index in [4.69, 9.17) is 9.47 Å². The largest absolute Gasteiger partial charge is 0.349 e. The highest BCUT2D eigenvalue weighted by Crippen LogP contribution is 2.25. The summed E-state index contributed by atoms with van der Waals surface area (Å²) < 4.78 is 10.6. The van der Waals surface area contributed by atoms with Gasteiger partial charge in [-0.1, -0.05) is 75.7 Å². The van der Waals surface area contributed by atoms with Crippen molar-refractivity contribution in [2.75, 3.05) is 20.8 Å². The first-order valence-electron chi connectivity index (χ1n) is 11.6. The van der Waals surface area contributed by atoms with E-state index in [1.807, 2.05) is 37.1 Å². The average molecular weight is 468 g/mol. The van der Waals surface area contributed by atoms with Crippen molar-refractivity contribution in [1.82, 2.24) is 21.5 Å². The SMILES string of the molecule is C=N/C(=N\N(CCCC)Cc1ccc(-c2ccccc2C2=NNNN2)cc1)C(OC)OC.CC. The summed E-state index contributed by atoms with van der Waals surface area (Å²) in [6, 6.07) is 16.6. The van der Waals surface area contributed by atoms with Crippen molar-refractivity contribution in [3.05, 3.63) is 59.7 Å². The number of hydrogen-bond acceptors (Lipinski definition) is 8. The van der Waals surface area contributed by atoms with Gasteiger partial charge in [0.1, 0.15) is 0 Å². The maximum atomic E-state index is 5.29. The number of hydrogen-bond donors (Lipinski definition) is 3. The van der Waals surface area contributed by atoms with Crippen molar-refractivity contribution in [2.24, 2.45) is 15.2 Å². The summed E-state index contributed by atoms with van der Waals surface area (Å²) in [5.74, 6) is 1.16. The van der Waals surface area contributed by atoms with Crippen molar-refractivity contribution < 1.29 is 9.47 Å². The first-order chi connectivity index (χ1) is 16.7. The Morgan fingerprint density at radius 2 is 1.74 bits per heavy atom. The highest BCUT2D eigenvalue weighted by Gasteiger charge is 2.16. The van der Waals surface area contributed by atoms with Gasteiger partial charge in [-0.3, -0.25) is 10.4 Å². The molecule has 1 aliphatic rings. The number of benzene rings is 2. The summed E-state index contributed by atoms with van der Waals surface area (Å²) >= 11 is 0. The van der Waals surface area contributed by atoms with E-state index in [2.05, 4.69) is 75.7 Å². The second kappa shape index (κ2) is 14.8. The smallest absolute Gasteiger partial charge is 0.220 e. The molecule has 1 aliphatic heterocycles. The molecule has 0 spiro atoms. The quantitative estimate of drug-likeness (QED) is 0.201. The van der Waals surface area contributed by atoms with Gasteiger partial charge < -0.3 is 9.47 Å². The number of nitrogens with zero attached hydrogens (tertiary/aromatic N) is 4. The molecule has 34 heavy (non-hydrogen) atoms. The molecule has 0 bridgehead atoms. The van der Waals surface area contributed by atoms with E-state index >= 15 is 0 Å². The molecule has 9 heteroatoms. The molecule has 184 valence electrons. The lowest BCUT2D eigenvalue weighted by molar-refractivity contribution is -0.0537. The van der Waals surface area contributed by atoms with Gasteiger partial charge >= 0.3 is 0 Å². The molecule has 0 radical (unpaired) electrons. The van der Waals surface area contributed by atoms with Gasteiger partial charge in [0.2, 0.25) is 12.1 Å². The predicted molar refractivity (Wildman–Crippen MR) is 139 cm³/mol. The zero-order chi connectivity index (χ0) is 24.8. The molecule has 3 rings (SSSR count). The Hall–Kier alpha value is -3.27. The molecule has 0 saturated carbocycles. The fraction of sp³-hybridized carbons (Fsp3) is 0.400. The molecule has 0 saturated heterocycles. The van der Waals surface area contributed by atoms with Crippen LogP contribution in [0.15, 0.2) is 63.7 Å². The van der Waals surface area contributed by atoms with Gasteiger partial charge in [0.25, 0.3) is 0 Å². The topological polar surface area (TPSA) is 94.9 Å². The second-order valence-electron chi connectivity index (χ2n) is 7.23. The van der Waals surface area contributed by atoms with Gasteiger partial charge in [-0.15, -0.1) is 10.6 Å². The van der Waals surface area contributed by atoms with E-state index in [0.29, 0.717) is 12.4 Å². The van der Waals surface area contributed by atoms with Crippen molar-refractivity contribution >= 4 is 18.4 Å². The van der Waals surface area contributed by atoms with Gasteiger partial charge in [0.05, 0.1) is 6.54 Å². The Bertz CT molecular complexity index is 941. The molecule has 0 aromatic heterocycles. The molecular formula is C25H37N7O2. The number of rotatable bonds is 11. The van der Waals surface area contributed by atoms with Gasteiger partial charge in [-0.2, -0.15) is 5.10 Å². The fourth-order valence-electron chi connectivity index (χ4n) is 3.38. The summed E-state index contributed by atoms with van der Waals surface area (Å²) in [5.41, 5.74) is 12.9. The van der Waals surface area contributed by atoms with Gasteiger partial charge in [-0.05, 0) is 29.8 Å². The summed E-state index contributed by atoms with van der Waals surface area (Å²) in [4.78, 5) is 4.00. The normalized spacial score (nSPS) is 12.9. The van der Waals surface area contributed by atoms with E-state index in [1.165, 1.54) is 0 Å². The minimum absolute atomic E-state index is 0.406. The van der Waals surface area contributed by atoms with Crippen LogP contribution in [0, 0.1) is 0 Å². The van der Waals surface area contributed by atoms with Crippen LogP contribution in [0.3, 0.4) is 0 Å². The maximum Gasteiger partial charge on any atom is 0.220 e. The van der Waals surface area contributed by atoms with Crippen LogP contribution in [0.2, 0.25) is 0 Å². The first kappa shape index (κ1) is 27.0. The number of aliphatic imine (C=N–C) groups is 1. The molecule has 0 amide bonds. The van der Waals surface area contributed by atoms with Gasteiger partial charge in [0, 0.05) is 26.3 Å². The van der Waals surface area contributed by atoms with Crippen LogP contribution in [0.25, 0.3) is 11.1 Å². The molecule has 2 aromatic rings. The molecular weight excluding hydrogens is 430 g/mol. The first-order valence-corrected chi connectivity index (χ1v) is 11.6. The van der Waals surface area contributed by atoms with E-state index in [0.717, 1.165) is 47.5 Å². The molecule has 3 N–H and O–H groups in total. The lowest BCUT2D eigenvalue weighted by atomic mass is 9.98. The van der Waals surface area contributed by atoms with Crippen LogP contribution in [0.1, 0.15) is 44.7 Å². The zero-order valence-corrected chi connectivity index (χ0v) is 20.8. The van der Waals surface area contributed by atoms with Crippen LogP contribution in [-0.2, 0) is 16.0 Å². The molecule has 0 atom stereocenters. The Balaban J connectivity index is 0.00000199. The number of methoxy groups -OCH3 is 2. The third-order valence-electron chi connectivity index (χ3n) is 5.03. The van der Waals surface area contributed by atoms with Crippen LogP contribution < -0.4 is 16.5 Å². The Labute approximate surface area is 202 Å². The number of hydrazone groups is 2. The summed E-state index contributed by atoms with van der Waals surface area (Å²) in [7, 11) is 3.11. The Kier molecular flexibility index (Phi) is 11.7. The van der Waals surface area contributed by atoms with E-state index in [9.17, 15) is 0 Å². The van der Waals surface area contributed by atoms with Gasteiger partial charge in [-0.25, -0.2) is 10.5 Å². The van der Waals surface area contributed by atoms with E-state index in [-0.39, 0.29) is 0 Å². The van der Waals surface area contributed by atoms with Crippen molar-refractivity contribution in [3.8, 4) is 11.1 Å². The molecule has 0 unspecified atom stereocenters. The standard InChI is InChI=1S/C23H31N7O2.C2H6/c1-5-6-15-30(27-22(24-2)23(31-3)32-4)16-17-11-13-18(14-12-17)19-9-7-8-10-20(19)21-25-28-29-26-21;1-2/h7-14,23,28-29H,2,5-6,15-16H2,1,3-4H3,(H,25,26);1-2H3/b27-22-;. The molecule has 2 aromatic carbocycles. The monoisotopic (exact) mass is 467 g/mol. The summed E-state index contributed by atoms with van der Waals surface area (Å²) in [6.07, 6.45) is 1.44. The van der Waals surface area contributed by atoms with Crippen LogP contribution in [-0.4, -0.2) is 50.5 Å². The minimum atomic E-state index is -0.647. The van der Waals surface area contributed by atoms with Crippen molar-refractivity contribution in [2.45, 2.75) is 46.4 Å². The van der Waals surface area contributed by atoms with Crippen LogP contribution in [0.5, 0.6) is 0 Å². The number of hydrazine groups is 2. The van der Waals surface area contributed by atoms with Crippen molar-refractivity contribution in [1.29, 1.82) is 0 Å². The Morgan fingerprint density at radius 1 is 1.06 bits per heavy atom. The number of nitrogens with one attached hydrogen (secondary N) is 3. The molecule has 9 nitrogen and oxygen atoms in total. The van der Waals surface area contributed by atoms with Gasteiger partial charge in [0.15, 0.2) is 5.84 Å². The third-order valence-corrected chi connectivity index (χ3v) is 5.03. The summed E-state index contributed by atoms with van der Waals surface area (Å²) in [6.45, 7) is 11.2. The molecule has 0 aliphatic carbocycles. The number of amidine groups is 2. The zero-order valence-electron chi connectivity index (χ0n) is 20.8. The number of unbranched alkanes of at least 4 members (excludes halogenated alkanes) is 1. The van der Waals surface area contributed by atoms with E-state index in [1.54, 1.807) is 14.2 Å². The maximum absolute atomic E-state index is 5.29. The predicted octanol–water partition coefficient (Wildman–Crippen LogP) is 3.89.